The molecule has 1 heterocycles. The second-order valence-electron chi connectivity index (χ2n) is 7.88. The summed E-state index contributed by atoms with van der Waals surface area (Å²) in [5.74, 6) is -1.13. The van der Waals surface area contributed by atoms with E-state index >= 15 is 0 Å². The van der Waals surface area contributed by atoms with Crippen molar-refractivity contribution in [2.24, 2.45) is 0 Å². The molecule has 0 spiro atoms. The van der Waals surface area contributed by atoms with Crippen LogP contribution in [0.2, 0.25) is 0 Å². The van der Waals surface area contributed by atoms with Crippen molar-refractivity contribution in [2.75, 3.05) is 0 Å². The molecule has 0 amide bonds. The average molecular weight is 452 g/mol. The van der Waals surface area contributed by atoms with Gasteiger partial charge < -0.3 is 14.0 Å². The molecule has 0 aliphatic heterocycles. The summed E-state index contributed by atoms with van der Waals surface area (Å²) < 4.78 is 12.7. The minimum Gasteiger partial charge on any atom is -0.421 e. The van der Waals surface area contributed by atoms with Crippen molar-refractivity contribution >= 4 is 18.0 Å². The number of ether oxygens (including phenoxy) is 2. The Hall–Kier alpha value is -4.38. The molecule has 1 aromatic heterocycles. The summed E-state index contributed by atoms with van der Waals surface area (Å²) in [6, 6.07) is 29.1. The van der Waals surface area contributed by atoms with Gasteiger partial charge in [-0.15, -0.1) is 0 Å². The highest BCUT2D eigenvalue weighted by molar-refractivity contribution is 5.95. The molecule has 0 saturated heterocycles. The van der Waals surface area contributed by atoms with E-state index in [4.69, 9.17) is 9.47 Å². The molecule has 0 saturated carbocycles. The van der Waals surface area contributed by atoms with Crippen LogP contribution in [0.4, 0.5) is 0 Å². The number of aryl methyl sites for hydroxylation is 1. The molecular weight excluding hydrogens is 426 g/mol. The van der Waals surface area contributed by atoms with E-state index in [2.05, 4.69) is 41.0 Å². The normalized spacial score (nSPS) is 11.2. The van der Waals surface area contributed by atoms with E-state index in [0.717, 1.165) is 33.8 Å². The third kappa shape index (κ3) is 5.15. The number of para-hydroxylation sites is 1. The maximum atomic E-state index is 12.7. The number of esters is 2. The topological polar surface area (TPSA) is 57.5 Å². The third-order valence-corrected chi connectivity index (χ3v) is 5.40. The van der Waals surface area contributed by atoms with Crippen LogP contribution in [-0.4, -0.2) is 16.5 Å². The van der Waals surface area contributed by atoms with Crippen LogP contribution in [-0.2, 0) is 14.3 Å². The van der Waals surface area contributed by atoms with Crippen molar-refractivity contribution in [2.45, 2.75) is 20.8 Å². The van der Waals surface area contributed by atoms with Crippen molar-refractivity contribution in [3.63, 3.8) is 0 Å². The number of nitrogens with zero attached hydrogens (tertiary/aromatic N) is 1. The van der Waals surface area contributed by atoms with E-state index in [9.17, 15) is 9.59 Å². The van der Waals surface area contributed by atoms with E-state index in [-0.39, 0.29) is 5.76 Å². The molecule has 0 fully saturated rings. The summed E-state index contributed by atoms with van der Waals surface area (Å²) in [5, 5.41) is 0. The molecule has 170 valence electrons. The van der Waals surface area contributed by atoms with Crippen LogP contribution in [0, 0.1) is 13.8 Å². The molecule has 5 nitrogen and oxygen atoms in total. The van der Waals surface area contributed by atoms with E-state index in [1.165, 1.54) is 6.92 Å². The number of hydrogen-bond donors (Lipinski definition) is 0. The van der Waals surface area contributed by atoms with Crippen LogP contribution in [0.1, 0.15) is 23.9 Å². The van der Waals surface area contributed by atoms with Crippen LogP contribution in [0.5, 0.6) is 5.75 Å². The van der Waals surface area contributed by atoms with Gasteiger partial charge in [0, 0.05) is 24.0 Å². The summed E-state index contributed by atoms with van der Waals surface area (Å²) >= 11 is 0. The minimum atomic E-state index is -0.738. The maximum absolute atomic E-state index is 12.7. The van der Waals surface area contributed by atoms with Crippen LogP contribution in [0.15, 0.2) is 96.8 Å². The lowest BCUT2D eigenvalue weighted by Crippen LogP contribution is -2.15. The summed E-state index contributed by atoms with van der Waals surface area (Å²) in [5.41, 5.74) is 5.92. The lowest BCUT2D eigenvalue weighted by atomic mass is 10.1. The molecular formula is C29H25NO4. The summed E-state index contributed by atoms with van der Waals surface area (Å²) in [6.45, 7) is 5.20. The second-order valence-corrected chi connectivity index (χ2v) is 7.88. The second kappa shape index (κ2) is 10.0. The van der Waals surface area contributed by atoms with Crippen molar-refractivity contribution in [1.29, 1.82) is 0 Å². The van der Waals surface area contributed by atoms with Gasteiger partial charge in [-0.25, -0.2) is 4.79 Å². The largest absolute Gasteiger partial charge is 0.421 e. The Labute approximate surface area is 198 Å². The van der Waals surface area contributed by atoms with Crippen molar-refractivity contribution in [3.05, 3.63) is 114 Å². The molecule has 5 heteroatoms. The molecule has 0 radical (unpaired) electrons. The van der Waals surface area contributed by atoms with E-state index in [1.807, 2.05) is 44.2 Å². The van der Waals surface area contributed by atoms with Crippen molar-refractivity contribution in [3.8, 4) is 22.6 Å². The number of carbonyl (C=O) groups is 2. The fraction of sp³-hybridized carbons (Fsp3) is 0.103. The van der Waals surface area contributed by atoms with Gasteiger partial charge in [-0.2, -0.15) is 0 Å². The van der Waals surface area contributed by atoms with Crippen LogP contribution in [0.25, 0.3) is 22.9 Å². The predicted molar refractivity (Wildman–Crippen MR) is 132 cm³/mol. The van der Waals surface area contributed by atoms with Gasteiger partial charge in [0.25, 0.3) is 0 Å². The quantitative estimate of drug-likeness (QED) is 0.150. The zero-order valence-electron chi connectivity index (χ0n) is 19.3. The first-order chi connectivity index (χ1) is 16.4. The standard InChI is InChI=1S/C29H25NO4/c1-20-18-25(19-28(33-22(3)31)29(32)34-27-12-8-5-9-13-27)21(2)30(20)26-16-14-24(15-17-26)23-10-6-4-7-11-23/h4-19H,1-3H3. The Morgan fingerprint density at radius 1 is 0.794 bits per heavy atom. The zero-order valence-corrected chi connectivity index (χ0v) is 19.3. The van der Waals surface area contributed by atoms with Crippen LogP contribution in [0.3, 0.4) is 0 Å². The highest BCUT2D eigenvalue weighted by Gasteiger charge is 2.19. The number of aromatic nitrogens is 1. The molecule has 34 heavy (non-hydrogen) atoms. The Kier molecular flexibility index (Phi) is 6.74. The van der Waals surface area contributed by atoms with E-state index in [1.54, 1.807) is 30.3 Å². The van der Waals surface area contributed by atoms with Gasteiger partial charge in [-0.1, -0.05) is 60.7 Å². The molecule has 0 aliphatic rings. The SMILES string of the molecule is CC(=O)OC(=Cc1cc(C)n(-c2ccc(-c3ccccc3)cc2)c1C)C(=O)Oc1ccccc1. The minimum absolute atomic E-state index is 0.170. The highest BCUT2D eigenvalue weighted by Crippen LogP contribution is 2.26. The molecule has 0 unspecified atom stereocenters. The van der Waals surface area contributed by atoms with Crippen LogP contribution < -0.4 is 4.74 Å². The van der Waals surface area contributed by atoms with Gasteiger partial charge >= 0.3 is 11.9 Å². The van der Waals surface area contributed by atoms with Crippen LogP contribution >= 0.6 is 0 Å². The van der Waals surface area contributed by atoms with Gasteiger partial charge in [-0.05, 0) is 66.9 Å². The average Bonchev–Trinajstić information content (AvgIpc) is 3.12. The fourth-order valence-corrected chi connectivity index (χ4v) is 3.84. The van der Waals surface area contributed by atoms with Gasteiger partial charge in [0.05, 0.1) is 0 Å². The Morgan fingerprint density at radius 3 is 2.00 bits per heavy atom. The van der Waals surface area contributed by atoms with Gasteiger partial charge in [0.2, 0.25) is 5.76 Å². The third-order valence-electron chi connectivity index (χ3n) is 5.40. The maximum Gasteiger partial charge on any atom is 0.379 e. The summed E-state index contributed by atoms with van der Waals surface area (Å²) in [4.78, 5) is 24.4. The predicted octanol–water partition coefficient (Wildman–Crippen LogP) is 6.27. The Morgan fingerprint density at radius 2 is 1.38 bits per heavy atom. The fourth-order valence-electron chi connectivity index (χ4n) is 3.84. The molecule has 3 aromatic carbocycles. The lowest BCUT2D eigenvalue weighted by Gasteiger charge is -2.11. The van der Waals surface area contributed by atoms with E-state index < -0.39 is 11.9 Å². The number of carbonyl (C=O) groups excluding carboxylic acids is 2. The molecule has 0 bridgehead atoms. The molecule has 0 aliphatic carbocycles. The van der Waals surface area contributed by atoms with Gasteiger partial charge in [-0.3, -0.25) is 4.79 Å². The highest BCUT2D eigenvalue weighted by atomic mass is 16.6. The summed E-state index contributed by atoms with van der Waals surface area (Å²) in [6.07, 6.45) is 1.55. The van der Waals surface area contributed by atoms with E-state index in [0.29, 0.717) is 5.75 Å². The first kappa shape index (κ1) is 22.8. The summed E-state index contributed by atoms with van der Waals surface area (Å²) in [7, 11) is 0. The molecule has 4 rings (SSSR count). The number of benzene rings is 3. The zero-order chi connectivity index (χ0) is 24.1. The first-order valence-corrected chi connectivity index (χ1v) is 10.9. The smallest absolute Gasteiger partial charge is 0.379 e. The monoisotopic (exact) mass is 451 g/mol. The Bertz CT molecular complexity index is 1330. The number of rotatable bonds is 6. The van der Waals surface area contributed by atoms with Crippen molar-refractivity contribution < 1.29 is 19.1 Å². The molecule has 0 N–H and O–H groups in total. The van der Waals surface area contributed by atoms with Gasteiger partial charge in [0.1, 0.15) is 5.75 Å². The lowest BCUT2D eigenvalue weighted by molar-refractivity contribution is -0.145. The molecule has 4 aromatic rings. The Balaban J connectivity index is 1.65. The van der Waals surface area contributed by atoms with Crippen molar-refractivity contribution in [1.82, 2.24) is 4.57 Å². The van der Waals surface area contributed by atoms with Gasteiger partial charge in [0.15, 0.2) is 0 Å². The number of hydrogen-bond acceptors (Lipinski definition) is 4. The first-order valence-electron chi connectivity index (χ1n) is 10.9. The molecule has 0 atom stereocenters.